The molecule has 1 aliphatic rings. The van der Waals surface area contributed by atoms with Crippen LogP contribution in [0.3, 0.4) is 0 Å². The van der Waals surface area contributed by atoms with Crippen molar-refractivity contribution in [1.29, 1.82) is 0 Å². The van der Waals surface area contributed by atoms with Crippen molar-refractivity contribution in [3.63, 3.8) is 0 Å². The van der Waals surface area contributed by atoms with Crippen molar-refractivity contribution in [2.75, 3.05) is 12.4 Å². The van der Waals surface area contributed by atoms with Gasteiger partial charge in [0.05, 0.1) is 17.3 Å². The summed E-state index contributed by atoms with van der Waals surface area (Å²) in [4.78, 5) is 4.76. The van der Waals surface area contributed by atoms with Gasteiger partial charge in [-0.05, 0) is 38.3 Å². The summed E-state index contributed by atoms with van der Waals surface area (Å²) in [5.74, 6) is 0.959. The second-order valence-corrected chi connectivity index (χ2v) is 6.34. The molecule has 1 N–H and O–H groups in total. The van der Waals surface area contributed by atoms with E-state index in [0.717, 1.165) is 16.4 Å². The van der Waals surface area contributed by atoms with Crippen LogP contribution in [0, 0.1) is 13.8 Å². The van der Waals surface area contributed by atoms with Crippen molar-refractivity contribution in [2.24, 2.45) is 0 Å². The van der Waals surface area contributed by atoms with Crippen LogP contribution in [0.25, 0.3) is 10.2 Å². The van der Waals surface area contributed by atoms with Gasteiger partial charge in [-0.3, -0.25) is 0 Å². The number of benzene rings is 1. The van der Waals surface area contributed by atoms with E-state index in [1.54, 1.807) is 18.4 Å². The van der Waals surface area contributed by atoms with Crippen LogP contribution in [-0.2, 0) is 0 Å². The van der Waals surface area contributed by atoms with Gasteiger partial charge >= 0.3 is 0 Å². The van der Waals surface area contributed by atoms with E-state index in [2.05, 4.69) is 25.2 Å². The summed E-state index contributed by atoms with van der Waals surface area (Å²) in [6.45, 7) is 4.21. The average molecular weight is 276 g/mol. The third-order valence-electron chi connectivity index (χ3n) is 3.96. The molecule has 0 spiro atoms. The maximum absolute atomic E-state index is 5.44. The number of aryl methyl sites for hydroxylation is 2. The molecule has 0 unspecified atom stereocenters. The van der Waals surface area contributed by atoms with Gasteiger partial charge in [-0.2, -0.15) is 0 Å². The first kappa shape index (κ1) is 12.7. The molecule has 0 amide bonds. The van der Waals surface area contributed by atoms with E-state index in [0.29, 0.717) is 6.04 Å². The first-order chi connectivity index (χ1) is 9.19. The zero-order valence-electron chi connectivity index (χ0n) is 11.7. The molecule has 0 bridgehead atoms. The third kappa shape index (κ3) is 2.29. The highest BCUT2D eigenvalue weighted by atomic mass is 32.1. The molecule has 1 aromatic carbocycles. The second-order valence-electron chi connectivity index (χ2n) is 5.34. The van der Waals surface area contributed by atoms with E-state index >= 15 is 0 Å². The molecule has 3 nitrogen and oxygen atoms in total. The Morgan fingerprint density at radius 1 is 1.32 bits per heavy atom. The molecule has 1 fully saturated rings. The normalized spacial score (nSPS) is 16.2. The minimum atomic E-state index is 0.614. The summed E-state index contributed by atoms with van der Waals surface area (Å²) in [5, 5.41) is 4.65. The summed E-state index contributed by atoms with van der Waals surface area (Å²) in [6, 6.07) is 2.69. The van der Waals surface area contributed by atoms with Gasteiger partial charge in [0.1, 0.15) is 5.75 Å². The van der Waals surface area contributed by atoms with Gasteiger partial charge in [0, 0.05) is 11.6 Å². The Kier molecular flexibility index (Phi) is 3.35. The summed E-state index contributed by atoms with van der Waals surface area (Å²) >= 11 is 1.75. The lowest BCUT2D eigenvalue weighted by Crippen LogP contribution is -2.13. The number of fused-ring (bicyclic) bond motifs is 1. The number of hydrogen-bond donors (Lipinski definition) is 1. The summed E-state index contributed by atoms with van der Waals surface area (Å²) in [6.07, 6.45) is 5.23. The predicted octanol–water partition coefficient (Wildman–Crippen LogP) is 4.28. The van der Waals surface area contributed by atoms with Gasteiger partial charge in [-0.15, -0.1) is 0 Å². The molecule has 102 valence electrons. The Morgan fingerprint density at radius 2 is 2.05 bits per heavy atom. The van der Waals surface area contributed by atoms with Crippen LogP contribution in [0.2, 0.25) is 0 Å². The quantitative estimate of drug-likeness (QED) is 0.908. The number of methoxy groups -OCH3 is 1. The number of ether oxygens (including phenoxy) is 1. The Balaban J connectivity index is 1.99. The van der Waals surface area contributed by atoms with Crippen LogP contribution in [-0.4, -0.2) is 18.1 Å². The molecule has 4 heteroatoms. The highest BCUT2D eigenvalue weighted by Gasteiger charge is 2.18. The highest BCUT2D eigenvalue weighted by Crippen LogP contribution is 2.37. The number of rotatable bonds is 3. The standard InChI is InChI=1S/C15H20N2OS/c1-9-8-12(18-3)10(2)14-13(9)17-15(19-14)16-11-6-4-5-7-11/h8,11H,4-7H2,1-3H3,(H,16,17). The Labute approximate surface area is 118 Å². The molecule has 0 saturated heterocycles. The first-order valence-electron chi connectivity index (χ1n) is 6.90. The van der Waals surface area contributed by atoms with Crippen LogP contribution in [0.4, 0.5) is 5.13 Å². The van der Waals surface area contributed by atoms with E-state index in [4.69, 9.17) is 9.72 Å². The van der Waals surface area contributed by atoms with Crippen LogP contribution < -0.4 is 10.1 Å². The zero-order chi connectivity index (χ0) is 13.4. The zero-order valence-corrected chi connectivity index (χ0v) is 12.6. The Hall–Kier alpha value is -1.29. The van der Waals surface area contributed by atoms with Crippen molar-refractivity contribution in [3.05, 3.63) is 17.2 Å². The number of hydrogen-bond acceptors (Lipinski definition) is 4. The lowest BCUT2D eigenvalue weighted by molar-refractivity contribution is 0.412. The van der Waals surface area contributed by atoms with Crippen molar-refractivity contribution < 1.29 is 4.74 Å². The molecule has 2 aromatic rings. The van der Waals surface area contributed by atoms with Crippen LogP contribution in [0.15, 0.2) is 6.07 Å². The highest BCUT2D eigenvalue weighted by molar-refractivity contribution is 7.22. The van der Waals surface area contributed by atoms with Gasteiger partial charge in [0.25, 0.3) is 0 Å². The minimum Gasteiger partial charge on any atom is -0.496 e. The number of nitrogens with zero attached hydrogens (tertiary/aromatic N) is 1. The lowest BCUT2D eigenvalue weighted by Gasteiger charge is -2.09. The first-order valence-corrected chi connectivity index (χ1v) is 7.72. The monoisotopic (exact) mass is 276 g/mol. The summed E-state index contributed by atoms with van der Waals surface area (Å²) in [5.41, 5.74) is 3.50. The minimum absolute atomic E-state index is 0.614. The van der Waals surface area contributed by atoms with Crippen molar-refractivity contribution in [1.82, 2.24) is 4.98 Å². The Bertz CT molecular complexity index is 600. The molecule has 0 atom stereocenters. The van der Waals surface area contributed by atoms with E-state index in [1.165, 1.54) is 41.5 Å². The third-order valence-corrected chi connectivity index (χ3v) is 5.07. The van der Waals surface area contributed by atoms with Gasteiger partial charge < -0.3 is 10.1 Å². The molecule has 1 aliphatic carbocycles. The molecular weight excluding hydrogens is 256 g/mol. The molecule has 19 heavy (non-hydrogen) atoms. The molecule has 0 radical (unpaired) electrons. The molecule has 1 heterocycles. The fourth-order valence-electron chi connectivity index (χ4n) is 2.85. The molecule has 0 aliphatic heterocycles. The summed E-state index contributed by atoms with van der Waals surface area (Å²) < 4.78 is 6.68. The molecular formula is C15H20N2OS. The van der Waals surface area contributed by atoms with E-state index in [1.807, 2.05) is 0 Å². The number of nitrogens with one attached hydrogen (secondary N) is 1. The number of aromatic nitrogens is 1. The fraction of sp³-hybridized carbons (Fsp3) is 0.533. The lowest BCUT2D eigenvalue weighted by atomic mass is 10.1. The molecule has 3 rings (SSSR count). The maximum Gasteiger partial charge on any atom is 0.184 e. The smallest absolute Gasteiger partial charge is 0.184 e. The second kappa shape index (κ2) is 5.00. The maximum atomic E-state index is 5.44. The largest absolute Gasteiger partial charge is 0.496 e. The van der Waals surface area contributed by atoms with Crippen LogP contribution in [0.5, 0.6) is 5.75 Å². The van der Waals surface area contributed by atoms with Crippen LogP contribution in [0.1, 0.15) is 36.8 Å². The van der Waals surface area contributed by atoms with E-state index in [-0.39, 0.29) is 0 Å². The van der Waals surface area contributed by atoms with Gasteiger partial charge in [-0.25, -0.2) is 4.98 Å². The van der Waals surface area contributed by atoms with Crippen molar-refractivity contribution >= 4 is 26.7 Å². The number of anilines is 1. The van der Waals surface area contributed by atoms with Gasteiger partial charge in [0.2, 0.25) is 0 Å². The van der Waals surface area contributed by atoms with Crippen LogP contribution >= 0.6 is 11.3 Å². The van der Waals surface area contributed by atoms with E-state index in [9.17, 15) is 0 Å². The van der Waals surface area contributed by atoms with Gasteiger partial charge in [0.15, 0.2) is 5.13 Å². The number of thiazole rings is 1. The van der Waals surface area contributed by atoms with E-state index < -0.39 is 0 Å². The fourth-order valence-corrected chi connectivity index (χ4v) is 3.96. The summed E-state index contributed by atoms with van der Waals surface area (Å²) in [7, 11) is 1.73. The molecule has 1 aromatic heterocycles. The van der Waals surface area contributed by atoms with Crippen molar-refractivity contribution in [3.8, 4) is 5.75 Å². The van der Waals surface area contributed by atoms with Crippen molar-refractivity contribution in [2.45, 2.75) is 45.6 Å². The van der Waals surface area contributed by atoms with Gasteiger partial charge in [-0.1, -0.05) is 24.2 Å². The SMILES string of the molecule is COc1cc(C)c2nc(NC3CCCC3)sc2c1C. The topological polar surface area (TPSA) is 34.1 Å². The molecule has 1 saturated carbocycles. The Morgan fingerprint density at radius 3 is 2.74 bits per heavy atom. The average Bonchev–Trinajstić information content (AvgIpc) is 3.03. The predicted molar refractivity (Wildman–Crippen MR) is 81.5 cm³/mol.